The van der Waals surface area contributed by atoms with Crippen molar-refractivity contribution in [1.82, 2.24) is 0 Å². The maximum absolute atomic E-state index is 13.0. The highest BCUT2D eigenvalue weighted by atomic mass is 19.4. The number of ether oxygens (including phenoxy) is 1. The summed E-state index contributed by atoms with van der Waals surface area (Å²) in [5.41, 5.74) is -0.269. The fraction of sp³-hybridized carbons (Fsp3) is 0.111. The molecule has 2 rings (SSSR count). The van der Waals surface area contributed by atoms with Crippen molar-refractivity contribution in [2.75, 3.05) is 11.9 Å². The van der Waals surface area contributed by atoms with Crippen molar-refractivity contribution in [2.24, 2.45) is 0 Å². The molecule has 26 heavy (non-hydrogen) atoms. The van der Waals surface area contributed by atoms with Gasteiger partial charge in [-0.05, 0) is 48.0 Å². The highest BCUT2D eigenvalue weighted by molar-refractivity contribution is 5.94. The number of hydrogen-bond acceptors (Lipinski definition) is 3. The summed E-state index contributed by atoms with van der Waals surface area (Å²) in [5, 5.41) is 2.30. The van der Waals surface area contributed by atoms with Crippen LogP contribution in [0.15, 0.2) is 54.6 Å². The molecule has 2 aromatic rings. The van der Waals surface area contributed by atoms with E-state index in [4.69, 9.17) is 4.74 Å². The van der Waals surface area contributed by atoms with Crippen LogP contribution >= 0.6 is 0 Å². The second-order valence-electron chi connectivity index (χ2n) is 5.12. The highest BCUT2D eigenvalue weighted by Crippen LogP contribution is 2.29. The summed E-state index contributed by atoms with van der Waals surface area (Å²) in [6.07, 6.45) is -2.12. The van der Waals surface area contributed by atoms with Crippen molar-refractivity contribution < 1.29 is 31.9 Å². The number of rotatable bonds is 5. The molecule has 0 fully saturated rings. The lowest BCUT2D eigenvalue weighted by atomic mass is 10.2. The fourth-order valence-electron chi connectivity index (χ4n) is 1.90. The number of esters is 1. The number of carbonyl (C=O) groups is 2. The van der Waals surface area contributed by atoms with Gasteiger partial charge in [-0.25, -0.2) is 9.18 Å². The van der Waals surface area contributed by atoms with Crippen LogP contribution in [0, 0.1) is 5.82 Å². The van der Waals surface area contributed by atoms with Crippen molar-refractivity contribution in [2.45, 2.75) is 6.18 Å². The van der Waals surface area contributed by atoms with Crippen LogP contribution in [0.5, 0.6) is 0 Å². The number of carbonyl (C=O) groups excluding carboxylic acids is 2. The molecule has 0 aliphatic heterocycles. The van der Waals surface area contributed by atoms with Crippen LogP contribution in [0.25, 0.3) is 6.08 Å². The Balaban J connectivity index is 1.82. The minimum absolute atomic E-state index is 0.134. The van der Waals surface area contributed by atoms with E-state index in [1.807, 2.05) is 0 Å². The molecule has 0 spiro atoms. The van der Waals surface area contributed by atoms with Crippen LogP contribution in [-0.4, -0.2) is 18.5 Å². The Kier molecular flexibility index (Phi) is 6.11. The minimum Gasteiger partial charge on any atom is -0.452 e. The first-order valence-corrected chi connectivity index (χ1v) is 7.31. The molecule has 0 atom stereocenters. The topological polar surface area (TPSA) is 55.4 Å². The third-order valence-corrected chi connectivity index (χ3v) is 3.10. The lowest BCUT2D eigenvalue weighted by molar-refractivity contribution is -0.142. The third-order valence-electron chi connectivity index (χ3n) is 3.10. The molecule has 0 aliphatic carbocycles. The molecule has 136 valence electrons. The first kappa shape index (κ1) is 19.2. The molecule has 0 aromatic heterocycles. The van der Waals surface area contributed by atoms with E-state index in [0.717, 1.165) is 30.3 Å². The number of hydrogen-bond donors (Lipinski definition) is 1. The van der Waals surface area contributed by atoms with E-state index in [2.05, 4.69) is 5.32 Å². The van der Waals surface area contributed by atoms with Crippen molar-refractivity contribution >= 4 is 23.6 Å². The smallest absolute Gasteiger partial charge is 0.416 e. The Labute approximate surface area is 146 Å². The summed E-state index contributed by atoms with van der Waals surface area (Å²) in [6.45, 7) is -0.618. The summed E-state index contributed by atoms with van der Waals surface area (Å²) in [4.78, 5) is 23.1. The van der Waals surface area contributed by atoms with E-state index in [-0.39, 0.29) is 5.69 Å². The van der Waals surface area contributed by atoms with Gasteiger partial charge in [-0.3, -0.25) is 4.79 Å². The van der Waals surface area contributed by atoms with Gasteiger partial charge in [0.05, 0.1) is 5.56 Å². The molecule has 2 aromatic carbocycles. The number of anilines is 1. The summed E-state index contributed by atoms with van der Waals surface area (Å²) >= 11 is 0. The van der Waals surface area contributed by atoms with Gasteiger partial charge in [0.25, 0.3) is 5.91 Å². The molecule has 0 heterocycles. The lowest BCUT2D eigenvalue weighted by Gasteiger charge is -2.08. The maximum Gasteiger partial charge on any atom is 0.416 e. The second-order valence-corrected chi connectivity index (χ2v) is 5.12. The largest absolute Gasteiger partial charge is 0.452 e. The predicted octanol–water partition coefficient (Wildman–Crippen LogP) is 4.04. The van der Waals surface area contributed by atoms with Gasteiger partial charge in [0.15, 0.2) is 6.61 Å². The van der Waals surface area contributed by atoms with Gasteiger partial charge in [0.1, 0.15) is 5.82 Å². The van der Waals surface area contributed by atoms with Crippen molar-refractivity contribution in [1.29, 1.82) is 0 Å². The molecular formula is C18H13F4NO3. The average Bonchev–Trinajstić information content (AvgIpc) is 2.58. The van der Waals surface area contributed by atoms with E-state index in [1.165, 1.54) is 24.3 Å². The summed E-state index contributed by atoms with van der Waals surface area (Å²) in [6, 6.07) is 9.33. The Morgan fingerprint density at radius 3 is 2.38 bits per heavy atom. The van der Waals surface area contributed by atoms with Crippen LogP contribution in [0.3, 0.4) is 0 Å². The Bertz CT molecular complexity index is 814. The van der Waals surface area contributed by atoms with Gasteiger partial charge in [0, 0.05) is 11.8 Å². The van der Waals surface area contributed by atoms with Crippen LogP contribution in [0.1, 0.15) is 11.1 Å². The number of halogens is 4. The Morgan fingerprint density at radius 1 is 1.08 bits per heavy atom. The van der Waals surface area contributed by atoms with Crippen LogP contribution in [0.4, 0.5) is 23.2 Å². The molecular weight excluding hydrogens is 354 g/mol. The zero-order chi connectivity index (χ0) is 19.2. The standard InChI is InChI=1S/C18H13F4NO3/c19-14-3-1-2-12(10-14)4-9-17(25)26-11-16(24)23-15-7-5-13(6-8-15)18(20,21)22/h1-10H,11H2,(H,23,24)/b9-4+. The Hall–Kier alpha value is -3.16. The normalized spacial score (nSPS) is 11.4. The predicted molar refractivity (Wildman–Crippen MR) is 86.5 cm³/mol. The molecule has 0 unspecified atom stereocenters. The van der Waals surface area contributed by atoms with E-state index in [9.17, 15) is 27.2 Å². The quantitative estimate of drug-likeness (QED) is 0.493. The van der Waals surface area contributed by atoms with Gasteiger partial charge in [0.2, 0.25) is 0 Å². The van der Waals surface area contributed by atoms with E-state index in [0.29, 0.717) is 5.56 Å². The third kappa shape index (κ3) is 6.04. The van der Waals surface area contributed by atoms with Gasteiger partial charge >= 0.3 is 12.1 Å². The summed E-state index contributed by atoms with van der Waals surface area (Å²) < 4.78 is 55.0. The maximum atomic E-state index is 13.0. The molecule has 1 N–H and O–H groups in total. The zero-order valence-corrected chi connectivity index (χ0v) is 13.2. The van der Waals surface area contributed by atoms with E-state index < -0.39 is 36.0 Å². The SMILES string of the molecule is O=C(COC(=O)/C=C/c1cccc(F)c1)Nc1ccc(C(F)(F)F)cc1. The number of amides is 1. The first-order valence-electron chi connectivity index (χ1n) is 7.31. The van der Waals surface area contributed by atoms with Gasteiger partial charge in [-0.1, -0.05) is 12.1 Å². The second kappa shape index (κ2) is 8.28. The van der Waals surface area contributed by atoms with Gasteiger partial charge in [-0.2, -0.15) is 13.2 Å². The minimum atomic E-state index is -4.47. The number of benzene rings is 2. The molecule has 8 heteroatoms. The fourth-order valence-corrected chi connectivity index (χ4v) is 1.90. The van der Waals surface area contributed by atoms with Crippen LogP contribution in [-0.2, 0) is 20.5 Å². The average molecular weight is 367 g/mol. The first-order chi connectivity index (χ1) is 12.2. The molecule has 0 saturated carbocycles. The monoisotopic (exact) mass is 367 g/mol. The molecule has 0 aliphatic rings. The summed E-state index contributed by atoms with van der Waals surface area (Å²) in [7, 11) is 0. The zero-order valence-electron chi connectivity index (χ0n) is 13.2. The molecule has 1 amide bonds. The van der Waals surface area contributed by atoms with Crippen molar-refractivity contribution in [3.8, 4) is 0 Å². The highest BCUT2D eigenvalue weighted by Gasteiger charge is 2.29. The van der Waals surface area contributed by atoms with Crippen LogP contribution < -0.4 is 5.32 Å². The van der Waals surface area contributed by atoms with Crippen molar-refractivity contribution in [3.05, 3.63) is 71.6 Å². The van der Waals surface area contributed by atoms with Gasteiger partial charge in [-0.15, -0.1) is 0 Å². The molecule has 0 saturated heterocycles. The van der Waals surface area contributed by atoms with Crippen molar-refractivity contribution in [3.63, 3.8) is 0 Å². The number of nitrogens with one attached hydrogen (secondary N) is 1. The van der Waals surface area contributed by atoms with E-state index in [1.54, 1.807) is 6.07 Å². The number of alkyl halides is 3. The summed E-state index contributed by atoms with van der Waals surface area (Å²) in [5.74, 6) is -1.99. The molecule has 4 nitrogen and oxygen atoms in total. The molecule has 0 radical (unpaired) electrons. The van der Waals surface area contributed by atoms with E-state index >= 15 is 0 Å². The van der Waals surface area contributed by atoms with Gasteiger partial charge < -0.3 is 10.1 Å². The Morgan fingerprint density at radius 2 is 1.77 bits per heavy atom. The molecule has 0 bridgehead atoms. The lowest BCUT2D eigenvalue weighted by Crippen LogP contribution is -2.20. The van der Waals surface area contributed by atoms with Crippen LogP contribution in [0.2, 0.25) is 0 Å².